The number of anilines is 1. The molecule has 0 radical (unpaired) electrons. The third-order valence-electron chi connectivity index (χ3n) is 6.45. The molecule has 6 heteroatoms. The topological polar surface area (TPSA) is 79.8 Å². The van der Waals surface area contributed by atoms with Crippen molar-refractivity contribution in [1.29, 1.82) is 0 Å². The Bertz CT molecular complexity index is 756. The van der Waals surface area contributed by atoms with E-state index in [1.54, 1.807) is 31.2 Å². The Kier molecular flexibility index (Phi) is 4.78. The molecular formula is C20H27N3O3. The van der Waals surface area contributed by atoms with Gasteiger partial charge in [0.25, 0.3) is 5.91 Å². The number of amides is 2. The van der Waals surface area contributed by atoms with Crippen LogP contribution < -0.4 is 10.7 Å². The van der Waals surface area contributed by atoms with Crippen LogP contribution in [-0.2, 0) is 4.74 Å². The molecular weight excluding hydrogens is 330 g/mol. The third kappa shape index (κ3) is 3.08. The Morgan fingerprint density at radius 2 is 2.08 bits per heavy atom. The summed E-state index contributed by atoms with van der Waals surface area (Å²) < 4.78 is 4.85. The van der Waals surface area contributed by atoms with Crippen LogP contribution in [0, 0.1) is 16.7 Å². The number of hydrogen-bond donors (Lipinski definition) is 2. The van der Waals surface area contributed by atoms with E-state index in [1.807, 2.05) is 0 Å². The van der Waals surface area contributed by atoms with Crippen LogP contribution in [0.1, 0.15) is 57.3 Å². The first-order chi connectivity index (χ1) is 12.3. The SMILES string of the molecule is CCOC(=O)Nc1cccc(C(=O)N/N=C2/C[C@@H]3CC[C@@]2(C)C3(C)C)c1. The molecule has 0 aliphatic heterocycles. The largest absolute Gasteiger partial charge is 0.450 e. The molecule has 2 N–H and O–H groups in total. The maximum atomic E-state index is 12.5. The minimum atomic E-state index is -0.539. The molecule has 2 fully saturated rings. The predicted octanol–water partition coefficient (Wildman–Crippen LogP) is 4.19. The molecule has 26 heavy (non-hydrogen) atoms. The van der Waals surface area contributed by atoms with Gasteiger partial charge in [0, 0.05) is 22.4 Å². The van der Waals surface area contributed by atoms with Gasteiger partial charge in [0.2, 0.25) is 0 Å². The van der Waals surface area contributed by atoms with Gasteiger partial charge in [-0.2, -0.15) is 5.10 Å². The van der Waals surface area contributed by atoms with Crippen LogP contribution in [0.3, 0.4) is 0 Å². The van der Waals surface area contributed by atoms with Gasteiger partial charge in [-0.05, 0) is 55.7 Å². The summed E-state index contributed by atoms with van der Waals surface area (Å²) in [7, 11) is 0. The van der Waals surface area contributed by atoms with Gasteiger partial charge >= 0.3 is 6.09 Å². The number of rotatable bonds is 4. The van der Waals surface area contributed by atoms with Crippen molar-refractivity contribution in [3.8, 4) is 0 Å². The molecule has 0 spiro atoms. The van der Waals surface area contributed by atoms with Gasteiger partial charge in [0.05, 0.1) is 6.61 Å². The summed E-state index contributed by atoms with van der Waals surface area (Å²) in [6.45, 7) is 8.90. The predicted molar refractivity (Wildman–Crippen MR) is 101 cm³/mol. The second-order valence-corrected chi connectivity index (χ2v) is 7.92. The molecule has 140 valence electrons. The number of hydrazone groups is 1. The summed E-state index contributed by atoms with van der Waals surface area (Å²) in [6.07, 6.45) is 2.77. The van der Waals surface area contributed by atoms with E-state index in [2.05, 4.69) is 36.6 Å². The van der Waals surface area contributed by atoms with Gasteiger partial charge in [-0.1, -0.05) is 26.8 Å². The number of nitrogens with one attached hydrogen (secondary N) is 2. The Morgan fingerprint density at radius 1 is 1.31 bits per heavy atom. The smallest absolute Gasteiger partial charge is 0.411 e. The first-order valence-corrected chi connectivity index (χ1v) is 9.19. The van der Waals surface area contributed by atoms with E-state index in [9.17, 15) is 9.59 Å². The molecule has 0 unspecified atom stereocenters. The Morgan fingerprint density at radius 3 is 2.69 bits per heavy atom. The number of benzene rings is 1. The lowest BCUT2D eigenvalue weighted by Gasteiger charge is -2.34. The lowest BCUT2D eigenvalue weighted by atomic mass is 9.70. The maximum Gasteiger partial charge on any atom is 0.411 e. The number of ether oxygens (including phenoxy) is 1. The first kappa shape index (κ1) is 18.4. The van der Waals surface area contributed by atoms with Crippen LogP contribution >= 0.6 is 0 Å². The van der Waals surface area contributed by atoms with Gasteiger partial charge in [-0.3, -0.25) is 10.1 Å². The number of hydrogen-bond acceptors (Lipinski definition) is 4. The molecule has 0 aromatic heterocycles. The summed E-state index contributed by atoms with van der Waals surface area (Å²) in [5, 5.41) is 7.07. The fourth-order valence-electron chi connectivity index (χ4n) is 4.30. The van der Waals surface area contributed by atoms with Crippen molar-refractivity contribution in [2.45, 2.75) is 47.0 Å². The number of carbonyl (C=O) groups excluding carboxylic acids is 2. The normalized spacial score (nSPS) is 27.4. The lowest BCUT2D eigenvalue weighted by molar-refractivity contribution is 0.0953. The third-order valence-corrected chi connectivity index (χ3v) is 6.45. The van der Waals surface area contributed by atoms with Crippen LogP contribution in [0.2, 0.25) is 0 Å². The van der Waals surface area contributed by atoms with Crippen LogP contribution in [0.5, 0.6) is 0 Å². The molecule has 2 bridgehead atoms. The quantitative estimate of drug-likeness (QED) is 0.793. The zero-order chi connectivity index (χ0) is 18.9. The first-order valence-electron chi connectivity index (χ1n) is 9.19. The summed E-state index contributed by atoms with van der Waals surface area (Å²) in [5.41, 5.74) is 5.02. The molecule has 2 amide bonds. The molecule has 0 saturated heterocycles. The Hall–Kier alpha value is -2.37. The molecule has 0 heterocycles. The molecule has 1 aromatic rings. The highest BCUT2D eigenvalue weighted by Gasteiger charge is 2.60. The van der Waals surface area contributed by atoms with Crippen molar-refractivity contribution in [2.75, 3.05) is 11.9 Å². The summed E-state index contributed by atoms with van der Waals surface area (Å²) in [4.78, 5) is 24.0. The van der Waals surface area contributed by atoms with E-state index in [-0.39, 0.29) is 16.7 Å². The van der Waals surface area contributed by atoms with E-state index < -0.39 is 6.09 Å². The highest BCUT2D eigenvalue weighted by atomic mass is 16.5. The fraction of sp³-hybridized carbons (Fsp3) is 0.550. The van der Waals surface area contributed by atoms with Crippen molar-refractivity contribution in [3.05, 3.63) is 29.8 Å². The molecule has 6 nitrogen and oxygen atoms in total. The number of fused-ring (bicyclic) bond motifs is 2. The highest BCUT2D eigenvalue weighted by Crippen LogP contribution is 2.63. The minimum Gasteiger partial charge on any atom is -0.450 e. The lowest BCUT2D eigenvalue weighted by Crippen LogP contribution is -2.34. The van der Waals surface area contributed by atoms with Gasteiger partial charge in [0.15, 0.2) is 0 Å². The second-order valence-electron chi connectivity index (χ2n) is 7.92. The van der Waals surface area contributed by atoms with E-state index in [4.69, 9.17) is 4.74 Å². The van der Waals surface area contributed by atoms with Gasteiger partial charge in [-0.15, -0.1) is 0 Å². The average molecular weight is 357 g/mol. The van der Waals surface area contributed by atoms with Crippen LogP contribution in [0.15, 0.2) is 29.4 Å². The highest BCUT2D eigenvalue weighted by molar-refractivity contribution is 5.99. The van der Waals surface area contributed by atoms with Crippen LogP contribution in [0.4, 0.5) is 10.5 Å². The van der Waals surface area contributed by atoms with Gasteiger partial charge < -0.3 is 4.74 Å². The molecule has 3 rings (SSSR count). The van der Waals surface area contributed by atoms with Gasteiger partial charge in [0.1, 0.15) is 0 Å². The number of nitrogens with zero attached hydrogens (tertiary/aromatic N) is 1. The van der Waals surface area contributed by atoms with Crippen molar-refractivity contribution in [1.82, 2.24) is 5.43 Å². The summed E-state index contributed by atoms with van der Waals surface area (Å²) in [6, 6.07) is 6.72. The number of carbonyl (C=O) groups is 2. The zero-order valence-electron chi connectivity index (χ0n) is 15.9. The molecule has 2 atom stereocenters. The van der Waals surface area contributed by atoms with E-state index in [0.29, 0.717) is 23.8 Å². The van der Waals surface area contributed by atoms with E-state index >= 15 is 0 Å². The van der Waals surface area contributed by atoms with E-state index in [0.717, 1.165) is 18.6 Å². The minimum absolute atomic E-state index is 0.0538. The molecule has 2 saturated carbocycles. The standard InChI is InChI=1S/C20H27N3O3/c1-5-26-18(25)21-15-8-6-7-13(11-15)17(24)23-22-16-12-14-9-10-20(16,4)19(14,2)3/h6-8,11,14H,5,9-10,12H2,1-4H3,(H,21,25)(H,23,24)/b22-16-/t14-,20+/m0/s1. The van der Waals surface area contributed by atoms with Crippen molar-refractivity contribution < 1.29 is 14.3 Å². The Labute approximate surface area is 154 Å². The van der Waals surface area contributed by atoms with Crippen LogP contribution in [0.25, 0.3) is 0 Å². The zero-order valence-corrected chi connectivity index (χ0v) is 15.9. The second kappa shape index (κ2) is 6.74. The molecule has 2 aliphatic rings. The summed E-state index contributed by atoms with van der Waals surface area (Å²) in [5.74, 6) is 0.356. The van der Waals surface area contributed by atoms with E-state index in [1.165, 1.54) is 6.42 Å². The van der Waals surface area contributed by atoms with Crippen molar-refractivity contribution >= 4 is 23.4 Å². The summed E-state index contributed by atoms with van der Waals surface area (Å²) >= 11 is 0. The van der Waals surface area contributed by atoms with Crippen molar-refractivity contribution in [3.63, 3.8) is 0 Å². The average Bonchev–Trinajstić information content (AvgIpc) is 2.93. The molecule has 2 aliphatic carbocycles. The fourth-order valence-corrected chi connectivity index (χ4v) is 4.30. The monoisotopic (exact) mass is 357 g/mol. The van der Waals surface area contributed by atoms with Crippen LogP contribution in [-0.4, -0.2) is 24.3 Å². The Balaban J connectivity index is 1.69. The van der Waals surface area contributed by atoms with Gasteiger partial charge in [-0.25, -0.2) is 10.2 Å². The van der Waals surface area contributed by atoms with Crippen molar-refractivity contribution in [2.24, 2.45) is 21.8 Å². The maximum absolute atomic E-state index is 12.5. The molecule has 1 aromatic carbocycles.